The summed E-state index contributed by atoms with van der Waals surface area (Å²) in [5.41, 5.74) is 0.110. The van der Waals surface area contributed by atoms with Crippen molar-refractivity contribution in [3.63, 3.8) is 0 Å². The van der Waals surface area contributed by atoms with E-state index in [0.29, 0.717) is 6.54 Å². The van der Waals surface area contributed by atoms with Crippen LogP contribution in [0, 0.1) is 0 Å². The highest BCUT2D eigenvalue weighted by molar-refractivity contribution is 6.30. The van der Waals surface area contributed by atoms with Crippen LogP contribution in [0.4, 0.5) is 18.9 Å². The third kappa shape index (κ3) is 6.31. The first-order valence-electron chi connectivity index (χ1n) is 7.77. The van der Waals surface area contributed by atoms with Crippen LogP contribution in [0.3, 0.4) is 0 Å². The smallest absolute Gasteiger partial charge is 0.376 e. The van der Waals surface area contributed by atoms with Gasteiger partial charge >= 0.3 is 6.18 Å². The zero-order chi connectivity index (χ0) is 18.3. The van der Waals surface area contributed by atoms with Crippen LogP contribution < -0.4 is 10.6 Å². The van der Waals surface area contributed by atoms with Gasteiger partial charge in [-0.05, 0) is 36.6 Å². The van der Waals surface area contributed by atoms with E-state index in [1.165, 1.54) is 17.7 Å². The molecule has 0 unspecified atom stereocenters. The molecule has 2 aromatic rings. The first-order chi connectivity index (χ1) is 11.9. The van der Waals surface area contributed by atoms with Crippen molar-refractivity contribution in [3.05, 3.63) is 64.7 Å². The van der Waals surface area contributed by atoms with Crippen molar-refractivity contribution in [2.45, 2.75) is 19.0 Å². The molecule has 7 heteroatoms. The molecule has 0 atom stereocenters. The molecule has 0 aromatic heterocycles. The minimum Gasteiger partial charge on any atom is -0.376 e. The lowest BCUT2D eigenvalue weighted by atomic mass is 10.1. The molecule has 0 fully saturated rings. The summed E-state index contributed by atoms with van der Waals surface area (Å²) in [4.78, 5) is 11.8. The molecule has 0 heterocycles. The van der Waals surface area contributed by atoms with Crippen LogP contribution in [0.5, 0.6) is 0 Å². The van der Waals surface area contributed by atoms with Gasteiger partial charge in [-0.3, -0.25) is 4.79 Å². The third-order valence-electron chi connectivity index (χ3n) is 3.53. The van der Waals surface area contributed by atoms with Crippen molar-refractivity contribution in [2.75, 3.05) is 18.4 Å². The third-order valence-corrected chi connectivity index (χ3v) is 3.77. The standard InChI is InChI=1S/C18H18ClF3N2O/c19-14-8-9-16(15(11-14)18(20,21)22)24-12-17(25)23-10-4-7-13-5-2-1-3-6-13/h1-3,5-6,8-9,11,24H,4,7,10,12H2,(H,23,25). The van der Waals surface area contributed by atoms with Crippen molar-refractivity contribution in [3.8, 4) is 0 Å². The van der Waals surface area contributed by atoms with Gasteiger partial charge < -0.3 is 10.6 Å². The molecule has 0 aliphatic carbocycles. The fraction of sp³-hybridized carbons (Fsp3) is 0.278. The van der Waals surface area contributed by atoms with Crippen LogP contribution in [0.25, 0.3) is 0 Å². The zero-order valence-electron chi connectivity index (χ0n) is 13.4. The van der Waals surface area contributed by atoms with Gasteiger partial charge in [0.2, 0.25) is 5.91 Å². The second kappa shape index (κ2) is 8.76. The fourth-order valence-corrected chi connectivity index (χ4v) is 2.48. The molecule has 0 bridgehead atoms. The van der Waals surface area contributed by atoms with Crippen LogP contribution in [-0.2, 0) is 17.4 Å². The molecule has 3 nitrogen and oxygen atoms in total. The van der Waals surface area contributed by atoms with Gasteiger partial charge in [0.05, 0.1) is 12.1 Å². The summed E-state index contributed by atoms with van der Waals surface area (Å²) in [6.45, 7) is 0.220. The topological polar surface area (TPSA) is 41.1 Å². The first-order valence-corrected chi connectivity index (χ1v) is 8.15. The predicted octanol–water partition coefficient (Wildman–Crippen LogP) is 4.52. The minimum atomic E-state index is -4.54. The van der Waals surface area contributed by atoms with E-state index in [1.54, 1.807) is 0 Å². The van der Waals surface area contributed by atoms with Gasteiger partial charge in [0.15, 0.2) is 0 Å². The number of anilines is 1. The number of carbonyl (C=O) groups is 1. The minimum absolute atomic E-state index is 0.0109. The van der Waals surface area contributed by atoms with Gasteiger partial charge in [0.1, 0.15) is 0 Å². The Balaban J connectivity index is 1.78. The maximum absolute atomic E-state index is 13.0. The number of benzene rings is 2. The number of hydrogen-bond donors (Lipinski definition) is 2. The Bertz CT molecular complexity index is 705. The molecule has 2 rings (SSSR count). The molecule has 1 amide bonds. The van der Waals surface area contributed by atoms with Gasteiger partial charge in [0, 0.05) is 17.3 Å². The lowest BCUT2D eigenvalue weighted by Crippen LogP contribution is -2.31. The molecule has 134 valence electrons. The lowest BCUT2D eigenvalue weighted by Gasteiger charge is -2.15. The van der Waals surface area contributed by atoms with Crippen LogP contribution in [-0.4, -0.2) is 19.0 Å². The molecular formula is C18H18ClF3N2O. The summed E-state index contributed by atoms with van der Waals surface area (Å²) >= 11 is 5.61. The number of carbonyl (C=O) groups excluding carboxylic acids is 1. The molecule has 2 N–H and O–H groups in total. The van der Waals surface area contributed by atoms with Crippen LogP contribution in [0.1, 0.15) is 17.5 Å². The summed E-state index contributed by atoms with van der Waals surface area (Å²) in [5, 5.41) is 5.19. The predicted molar refractivity (Wildman–Crippen MR) is 92.7 cm³/mol. The largest absolute Gasteiger partial charge is 0.418 e. The summed E-state index contributed by atoms with van der Waals surface area (Å²) in [6.07, 6.45) is -2.96. The summed E-state index contributed by atoms with van der Waals surface area (Å²) in [5.74, 6) is -0.365. The van der Waals surface area contributed by atoms with Crippen LogP contribution in [0.15, 0.2) is 48.5 Å². The molecule has 2 aromatic carbocycles. The van der Waals surface area contributed by atoms with E-state index in [1.807, 2.05) is 30.3 Å². The molecule has 25 heavy (non-hydrogen) atoms. The number of halogens is 4. The Hall–Kier alpha value is -2.21. The Morgan fingerprint density at radius 1 is 1.08 bits per heavy atom. The van der Waals surface area contributed by atoms with Crippen LogP contribution >= 0.6 is 11.6 Å². The maximum Gasteiger partial charge on any atom is 0.418 e. The second-order valence-electron chi connectivity index (χ2n) is 5.48. The van der Waals surface area contributed by atoms with Gasteiger partial charge in [-0.15, -0.1) is 0 Å². The Morgan fingerprint density at radius 2 is 1.80 bits per heavy atom. The number of rotatable bonds is 7. The highest BCUT2D eigenvalue weighted by Crippen LogP contribution is 2.36. The van der Waals surface area contributed by atoms with Gasteiger partial charge in [-0.2, -0.15) is 13.2 Å². The number of amides is 1. The van der Waals surface area contributed by atoms with Crippen molar-refractivity contribution in [1.82, 2.24) is 5.32 Å². The monoisotopic (exact) mass is 370 g/mol. The van der Waals surface area contributed by atoms with E-state index in [2.05, 4.69) is 10.6 Å². The average molecular weight is 371 g/mol. The summed E-state index contributed by atoms with van der Waals surface area (Å²) < 4.78 is 38.9. The van der Waals surface area contributed by atoms with E-state index in [4.69, 9.17) is 11.6 Å². The number of aryl methyl sites for hydroxylation is 1. The normalized spacial score (nSPS) is 11.2. The second-order valence-corrected chi connectivity index (χ2v) is 5.92. The fourth-order valence-electron chi connectivity index (χ4n) is 2.31. The highest BCUT2D eigenvalue weighted by Gasteiger charge is 2.33. The lowest BCUT2D eigenvalue weighted by molar-refractivity contribution is -0.137. The van der Waals surface area contributed by atoms with Crippen molar-refractivity contribution < 1.29 is 18.0 Å². The number of alkyl halides is 3. The van der Waals surface area contributed by atoms with E-state index in [0.717, 1.165) is 18.9 Å². The zero-order valence-corrected chi connectivity index (χ0v) is 14.1. The van der Waals surface area contributed by atoms with Gasteiger partial charge in [-0.25, -0.2) is 0 Å². The highest BCUT2D eigenvalue weighted by atomic mass is 35.5. The maximum atomic E-state index is 13.0. The quantitative estimate of drug-likeness (QED) is 0.703. The number of nitrogens with one attached hydrogen (secondary N) is 2. The average Bonchev–Trinajstić information content (AvgIpc) is 2.58. The molecule has 0 aliphatic heterocycles. The van der Waals surface area contributed by atoms with Crippen LogP contribution in [0.2, 0.25) is 5.02 Å². The Morgan fingerprint density at radius 3 is 2.48 bits per heavy atom. The molecular weight excluding hydrogens is 353 g/mol. The first kappa shape index (κ1) is 19.1. The molecule has 0 aliphatic rings. The molecule has 0 saturated heterocycles. The van der Waals surface area contributed by atoms with E-state index < -0.39 is 11.7 Å². The van der Waals surface area contributed by atoms with Gasteiger partial charge in [0.25, 0.3) is 0 Å². The molecule has 0 radical (unpaired) electrons. The SMILES string of the molecule is O=C(CNc1ccc(Cl)cc1C(F)(F)F)NCCCc1ccccc1. The Kier molecular flexibility index (Phi) is 6.70. The van der Waals surface area contributed by atoms with E-state index in [9.17, 15) is 18.0 Å². The molecule has 0 spiro atoms. The summed E-state index contributed by atoms with van der Waals surface area (Å²) in [6, 6.07) is 13.2. The van der Waals surface area contributed by atoms with Crippen molar-refractivity contribution in [1.29, 1.82) is 0 Å². The van der Waals surface area contributed by atoms with Gasteiger partial charge in [-0.1, -0.05) is 41.9 Å². The molecule has 0 saturated carbocycles. The Labute approximate surface area is 149 Å². The number of hydrogen-bond acceptors (Lipinski definition) is 2. The summed E-state index contributed by atoms with van der Waals surface area (Å²) in [7, 11) is 0. The van der Waals surface area contributed by atoms with Crippen molar-refractivity contribution >= 4 is 23.2 Å². The van der Waals surface area contributed by atoms with Crippen molar-refractivity contribution in [2.24, 2.45) is 0 Å². The van der Waals surface area contributed by atoms with E-state index in [-0.39, 0.29) is 23.2 Å². The van der Waals surface area contributed by atoms with E-state index >= 15 is 0 Å².